The van der Waals surface area contributed by atoms with Gasteiger partial charge in [-0.2, -0.15) is 0 Å². The van der Waals surface area contributed by atoms with Crippen molar-refractivity contribution in [1.29, 1.82) is 0 Å². The maximum Gasteiger partial charge on any atom is 0.305 e. The highest BCUT2D eigenvalue weighted by molar-refractivity contribution is 7.24. The van der Waals surface area contributed by atoms with Crippen molar-refractivity contribution in [3.63, 3.8) is 0 Å². The second kappa shape index (κ2) is 7.60. The Morgan fingerprint density at radius 3 is 2.67 bits per heavy atom. The number of hydrogen-bond donors (Lipinski definition) is 2. The SMILES string of the molecule is COCC(C)(CC(=O)O)NC(=O)c1sc(-c2ccc(Cl)s2)nc1C. The van der Waals surface area contributed by atoms with Gasteiger partial charge in [0.25, 0.3) is 5.91 Å². The van der Waals surface area contributed by atoms with Crippen LogP contribution < -0.4 is 5.32 Å². The van der Waals surface area contributed by atoms with Gasteiger partial charge in [0.05, 0.1) is 33.5 Å². The van der Waals surface area contributed by atoms with Crippen molar-refractivity contribution in [2.75, 3.05) is 13.7 Å². The monoisotopic (exact) mass is 388 g/mol. The van der Waals surface area contributed by atoms with E-state index in [-0.39, 0.29) is 18.9 Å². The lowest BCUT2D eigenvalue weighted by Crippen LogP contribution is -2.50. The van der Waals surface area contributed by atoms with Crippen LogP contribution >= 0.6 is 34.3 Å². The second-order valence-electron chi connectivity index (χ2n) is 5.56. The third-order valence-corrected chi connectivity index (χ3v) is 5.76. The van der Waals surface area contributed by atoms with Gasteiger partial charge in [-0.3, -0.25) is 9.59 Å². The van der Waals surface area contributed by atoms with E-state index in [0.29, 0.717) is 19.9 Å². The molecule has 130 valence electrons. The lowest BCUT2D eigenvalue weighted by Gasteiger charge is -2.28. The predicted octanol–water partition coefficient (Wildman–Crippen LogP) is 3.44. The Bertz CT molecular complexity index is 758. The van der Waals surface area contributed by atoms with Gasteiger partial charge in [0.15, 0.2) is 0 Å². The van der Waals surface area contributed by atoms with Crippen LogP contribution in [0, 0.1) is 6.92 Å². The molecule has 0 bridgehead atoms. The zero-order valence-corrected chi connectivity index (χ0v) is 15.8. The van der Waals surface area contributed by atoms with E-state index in [9.17, 15) is 9.59 Å². The van der Waals surface area contributed by atoms with Crippen LogP contribution in [0.2, 0.25) is 4.34 Å². The number of rotatable bonds is 7. The van der Waals surface area contributed by atoms with Gasteiger partial charge in [-0.15, -0.1) is 22.7 Å². The molecule has 24 heavy (non-hydrogen) atoms. The number of nitrogens with one attached hydrogen (secondary N) is 1. The Labute approximate surface area is 152 Å². The molecule has 1 unspecified atom stereocenters. The Kier molecular flexibility index (Phi) is 5.97. The van der Waals surface area contributed by atoms with Crippen molar-refractivity contribution in [3.8, 4) is 9.88 Å². The fraction of sp³-hybridized carbons (Fsp3) is 0.400. The van der Waals surface area contributed by atoms with Crippen LogP contribution in [-0.4, -0.2) is 41.2 Å². The maximum atomic E-state index is 12.6. The number of carboxylic acids is 1. The van der Waals surface area contributed by atoms with Crippen molar-refractivity contribution in [1.82, 2.24) is 10.3 Å². The third-order valence-electron chi connectivity index (χ3n) is 3.21. The van der Waals surface area contributed by atoms with E-state index in [1.165, 1.54) is 29.8 Å². The second-order valence-corrected chi connectivity index (χ2v) is 8.27. The summed E-state index contributed by atoms with van der Waals surface area (Å²) in [6, 6.07) is 3.63. The molecule has 2 aromatic rings. The molecule has 0 aliphatic carbocycles. The Hall–Kier alpha value is -1.48. The average Bonchev–Trinajstić information content (AvgIpc) is 3.03. The molecule has 0 spiro atoms. The lowest BCUT2D eigenvalue weighted by molar-refractivity contribution is -0.139. The van der Waals surface area contributed by atoms with Crippen LogP contribution in [0.4, 0.5) is 0 Å². The van der Waals surface area contributed by atoms with Gasteiger partial charge in [0.2, 0.25) is 0 Å². The highest BCUT2D eigenvalue weighted by Crippen LogP contribution is 2.35. The van der Waals surface area contributed by atoms with Gasteiger partial charge in [0, 0.05) is 7.11 Å². The van der Waals surface area contributed by atoms with Crippen molar-refractivity contribution in [2.24, 2.45) is 0 Å². The quantitative estimate of drug-likeness (QED) is 0.758. The molecule has 2 aromatic heterocycles. The summed E-state index contributed by atoms with van der Waals surface area (Å²) >= 11 is 8.58. The van der Waals surface area contributed by atoms with Crippen LogP contribution in [0.3, 0.4) is 0 Å². The summed E-state index contributed by atoms with van der Waals surface area (Å²) in [7, 11) is 1.46. The highest BCUT2D eigenvalue weighted by Gasteiger charge is 2.31. The minimum Gasteiger partial charge on any atom is -0.481 e. The number of hydrogen-bond acceptors (Lipinski definition) is 6. The number of carbonyl (C=O) groups is 2. The number of ether oxygens (including phenoxy) is 1. The third kappa shape index (κ3) is 4.54. The van der Waals surface area contributed by atoms with Crippen molar-refractivity contribution in [2.45, 2.75) is 25.8 Å². The molecule has 0 radical (unpaired) electrons. The van der Waals surface area contributed by atoms with E-state index >= 15 is 0 Å². The number of nitrogens with zero attached hydrogens (tertiary/aromatic N) is 1. The van der Waals surface area contributed by atoms with Gasteiger partial charge in [-0.1, -0.05) is 11.6 Å². The number of amides is 1. The smallest absolute Gasteiger partial charge is 0.305 e. The normalized spacial score (nSPS) is 13.5. The minimum absolute atomic E-state index is 0.0935. The first-order valence-corrected chi connectivity index (χ1v) is 9.01. The van der Waals surface area contributed by atoms with E-state index < -0.39 is 11.5 Å². The van der Waals surface area contributed by atoms with Crippen molar-refractivity contribution in [3.05, 3.63) is 27.0 Å². The molecule has 0 aromatic carbocycles. The van der Waals surface area contributed by atoms with Crippen LogP contribution in [0.1, 0.15) is 28.7 Å². The fourth-order valence-electron chi connectivity index (χ4n) is 2.26. The number of thiazole rings is 1. The number of aryl methyl sites for hydroxylation is 1. The van der Waals surface area contributed by atoms with Gasteiger partial charge >= 0.3 is 5.97 Å². The Balaban J connectivity index is 2.23. The van der Waals surface area contributed by atoms with Crippen LogP contribution in [-0.2, 0) is 9.53 Å². The fourth-order valence-corrected chi connectivity index (χ4v) is 4.32. The summed E-state index contributed by atoms with van der Waals surface area (Å²) in [5, 5.41) is 12.5. The molecule has 9 heteroatoms. The number of aliphatic carboxylic acids is 1. The van der Waals surface area contributed by atoms with Gasteiger partial charge < -0.3 is 15.2 Å². The Morgan fingerprint density at radius 1 is 1.42 bits per heavy atom. The number of carbonyl (C=O) groups excluding carboxylic acids is 1. The zero-order chi connectivity index (χ0) is 17.9. The Morgan fingerprint density at radius 2 is 2.12 bits per heavy atom. The number of aromatic nitrogens is 1. The number of methoxy groups -OCH3 is 1. The van der Waals surface area contributed by atoms with E-state index in [4.69, 9.17) is 21.4 Å². The molecule has 2 rings (SSSR count). The molecular weight excluding hydrogens is 372 g/mol. The lowest BCUT2D eigenvalue weighted by atomic mass is 9.99. The predicted molar refractivity (Wildman–Crippen MR) is 95.2 cm³/mol. The maximum absolute atomic E-state index is 12.6. The number of carboxylic acid groups (broad SMARTS) is 1. The van der Waals surface area contributed by atoms with Crippen LogP contribution in [0.5, 0.6) is 0 Å². The highest BCUT2D eigenvalue weighted by atomic mass is 35.5. The molecule has 2 heterocycles. The topological polar surface area (TPSA) is 88.5 Å². The summed E-state index contributed by atoms with van der Waals surface area (Å²) < 4.78 is 5.70. The largest absolute Gasteiger partial charge is 0.481 e. The van der Waals surface area contributed by atoms with Gasteiger partial charge in [-0.05, 0) is 26.0 Å². The van der Waals surface area contributed by atoms with E-state index in [1.54, 1.807) is 19.9 Å². The molecule has 0 saturated heterocycles. The van der Waals surface area contributed by atoms with E-state index in [1.807, 2.05) is 6.07 Å². The van der Waals surface area contributed by atoms with E-state index in [2.05, 4.69) is 10.3 Å². The first kappa shape index (κ1) is 18.9. The summed E-state index contributed by atoms with van der Waals surface area (Å²) in [5.41, 5.74) is -0.410. The summed E-state index contributed by atoms with van der Waals surface area (Å²) in [6.45, 7) is 3.48. The molecular formula is C15H17ClN2O4S2. The molecule has 1 atom stereocenters. The molecule has 0 aliphatic heterocycles. The van der Waals surface area contributed by atoms with Gasteiger partial charge in [-0.25, -0.2) is 4.98 Å². The number of thiophene rings is 1. The summed E-state index contributed by atoms with van der Waals surface area (Å²) in [5.74, 6) is -1.37. The van der Waals surface area contributed by atoms with E-state index in [0.717, 1.165) is 4.88 Å². The molecule has 0 aliphatic rings. The van der Waals surface area contributed by atoms with Gasteiger partial charge in [0.1, 0.15) is 9.88 Å². The molecule has 1 amide bonds. The molecule has 2 N–H and O–H groups in total. The standard InChI is InChI=1S/C15H17ClN2O4S2/c1-8-12(24-14(17-8)9-4-5-10(16)23-9)13(21)18-15(2,7-22-3)6-11(19)20/h4-5H,6-7H2,1-3H3,(H,18,21)(H,19,20). The molecule has 0 fully saturated rings. The average molecular weight is 389 g/mol. The van der Waals surface area contributed by atoms with Crippen LogP contribution in [0.25, 0.3) is 9.88 Å². The van der Waals surface area contributed by atoms with Crippen molar-refractivity contribution >= 4 is 46.2 Å². The zero-order valence-electron chi connectivity index (χ0n) is 13.4. The first-order chi connectivity index (χ1) is 11.2. The summed E-state index contributed by atoms with van der Waals surface area (Å²) in [4.78, 5) is 29.4. The summed E-state index contributed by atoms with van der Waals surface area (Å²) in [6.07, 6.45) is -0.238. The first-order valence-electron chi connectivity index (χ1n) is 7.00. The van der Waals surface area contributed by atoms with Crippen LogP contribution in [0.15, 0.2) is 12.1 Å². The number of halogens is 1. The molecule has 0 saturated carbocycles. The van der Waals surface area contributed by atoms with Crippen molar-refractivity contribution < 1.29 is 19.4 Å². The minimum atomic E-state index is -1.01. The molecule has 6 nitrogen and oxygen atoms in total.